The minimum Gasteiger partial charge on any atom is -0.325 e. The first-order valence-electron chi connectivity index (χ1n) is 8.36. The topological polar surface area (TPSA) is 84.0 Å². The number of nitrogens with zero attached hydrogens (tertiary/aromatic N) is 2. The molecule has 3 rings (SSSR count). The van der Waals surface area contributed by atoms with Crippen molar-refractivity contribution >= 4 is 45.7 Å². The van der Waals surface area contributed by atoms with E-state index in [-0.39, 0.29) is 17.6 Å². The highest BCUT2D eigenvalue weighted by molar-refractivity contribution is 8.01. The van der Waals surface area contributed by atoms with Gasteiger partial charge in [0.25, 0.3) is 0 Å². The van der Waals surface area contributed by atoms with Crippen molar-refractivity contribution in [3.05, 3.63) is 54.6 Å². The van der Waals surface area contributed by atoms with Crippen LogP contribution < -0.4 is 10.6 Å². The molecule has 0 unspecified atom stereocenters. The quantitative estimate of drug-likeness (QED) is 0.458. The van der Waals surface area contributed by atoms with E-state index in [1.54, 1.807) is 6.92 Å². The van der Waals surface area contributed by atoms with Crippen molar-refractivity contribution in [1.82, 2.24) is 10.2 Å². The summed E-state index contributed by atoms with van der Waals surface area (Å²) >= 11 is 2.54. The van der Waals surface area contributed by atoms with E-state index in [9.17, 15) is 9.59 Å². The Morgan fingerprint density at radius 3 is 2.48 bits per heavy atom. The van der Waals surface area contributed by atoms with Crippen LogP contribution >= 0.6 is 23.1 Å². The maximum atomic E-state index is 12.4. The highest BCUT2D eigenvalue weighted by Crippen LogP contribution is 2.29. The largest absolute Gasteiger partial charge is 0.325 e. The predicted molar refractivity (Wildman–Crippen MR) is 110 cm³/mol. The molecule has 0 bridgehead atoms. The van der Waals surface area contributed by atoms with Gasteiger partial charge in [-0.05, 0) is 11.6 Å². The molecular weight excluding hydrogens is 380 g/mol. The van der Waals surface area contributed by atoms with Crippen LogP contribution in [-0.4, -0.2) is 27.8 Å². The molecule has 1 heterocycles. The Kier molecular flexibility index (Phi) is 6.56. The SMILES string of the molecule is CCC(=O)Nc1nnc(SCC(=O)Nc2ccccc2-c2ccccc2)s1. The second-order valence-corrected chi connectivity index (χ2v) is 7.72. The molecule has 2 aromatic carbocycles. The lowest BCUT2D eigenvalue weighted by atomic mass is 10.0. The highest BCUT2D eigenvalue weighted by atomic mass is 32.2. The lowest BCUT2D eigenvalue weighted by Gasteiger charge is -2.10. The van der Waals surface area contributed by atoms with Gasteiger partial charge < -0.3 is 10.6 Å². The third-order valence-corrected chi connectivity index (χ3v) is 5.56. The average molecular weight is 399 g/mol. The number of amides is 2. The fourth-order valence-corrected chi connectivity index (χ4v) is 3.87. The Hall–Kier alpha value is -2.71. The van der Waals surface area contributed by atoms with Crippen molar-refractivity contribution in [1.29, 1.82) is 0 Å². The van der Waals surface area contributed by atoms with Gasteiger partial charge >= 0.3 is 0 Å². The van der Waals surface area contributed by atoms with E-state index in [2.05, 4.69) is 20.8 Å². The number of thioether (sulfide) groups is 1. The minimum atomic E-state index is -0.127. The van der Waals surface area contributed by atoms with Crippen LogP contribution in [0.5, 0.6) is 0 Å². The first-order chi connectivity index (χ1) is 13.2. The molecule has 0 radical (unpaired) electrons. The Morgan fingerprint density at radius 1 is 0.963 bits per heavy atom. The molecule has 0 aliphatic rings. The molecule has 2 amide bonds. The van der Waals surface area contributed by atoms with Gasteiger partial charge in [-0.2, -0.15) is 0 Å². The molecule has 0 aliphatic carbocycles. The molecule has 8 heteroatoms. The molecule has 3 aromatic rings. The van der Waals surface area contributed by atoms with Crippen LogP contribution in [0.25, 0.3) is 11.1 Å². The maximum Gasteiger partial charge on any atom is 0.234 e. The van der Waals surface area contributed by atoms with Crippen LogP contribution in [0, 0.1) is 0 Å². The summed E-state index contributed by atoms with van der Waals surface area (Å²) < 4.78 is 0.632. The highest BCUT2D eigenvalue weighted by Gasteiger charge is 2.11. The van der Waals surface area contributed by atoms with Gasteiger partial charge in [-0.15, -0.1) is 10.2 Å². The van der Waals surface area contributed by atoms with Gasteiger partial charge in [-0.1, -0.05) is 78.6 Å². The molecule has 0 saturated heterocycles. The molecule has 27 heavy (non-hydrogen) atoms. The summed E-state index contributed by atoms with van der Waals surface area (Å²) in [6.45, 7) is 1.77. The zero-order chi connectivity index (χ0) is 19.1. The first-order valence-corrected chi connectivity index (χ1v) is 10.2. The summed E-state index contributed by atoms with van der Waals surface area (Å²) in [6, 6.07) is 17.6. The van der Waals surface area contributed by atoms with Crippen molar-refractivity contribution < 1.29 is 9.59 Å². The Bertz CT molecular complexity index is 928. The fraction of sp³-hybridized carbons (Fsp3) is 0.158. The molecule has 1 aromatic heterocycles. The molecule has 0 fully saturated rings. The zero-order valence-corrected chi connectivity index (χ0v) is 16.3. The Balaban J connectivity index is 1.60. The number of anilines is 2. The molecule has 0 aliphatic heterocycles. The molecular formula is C19H18N4O2S2. The summed E-state index contributed by atoms with van der Waals surface area (Å²) in [5.74, 6) is -0.0323. The van der Waals surface area contributed by atoms with Crippen molar-refractivity contribution in [3.63, 3.8) is 0 Å². The van der Waals surface area contributed by atoms with Crippen LogP contribution in [0.2, 0.25) is 0 Å². The van der Waals surface area contributed by atoms with Gasteiger partial charge in [0.2, 0.25) is 16.9 Å². The number of carbonyl (C=O) groups excluding carboxylic acids is 2. The van der Waals surface area contributed by atoms with Gasteiger partial charge in [-0.3, -0.25) is 9.59 Å². The first kappa shape index (κ1) is 19.1. The van der Waals surface area contributed by atoms with Crippen LogP contribution in [0.4, 0.5) is 10.8 Å². The maximum absolute atomic E-state index is 12.4. The van der Waals surface area contributed by atoms with Crippen LogP contribution in [0.3, 0.4) is 0 Å². The number of nitrogens with one attached hydrogen (secondary N) is 2. The summed E-state index contributed by atoms with van der Waals surface area (Å²) in [5, 5.41) is 13.9. The average Bonchev–Trinajstić information content (AvgIpc) is 3.14. The van der Waals surface area contributed by atoms with Crippen molar-refractivity contribution in [2.75, 3.05) is 16.4 Å². The minimum absolute atomic E-state index is 0.113. The summed E-state index contributed by atoms with van der Waals surface area (Å²) in [6.07, 6.45) is 0.380. The Labute approximate surface area is 165 Å². The number of aromatic nitrogens is 2. The van der Waals surface area contributed by atoms with E-state index in [0.29, 0.717) is 15.9 Å². The van der Waals surface area contributed by atoms with Gasteiger partial charge in [0.05, 0.1) is 5.75 Å². The van der Waals surface area contributed by atoms with E-state index in [1.165, 1.54) is 23.1 Å². The second kappa shape index (κ2) is 9.29. The lowest BCUT2D eigenvalue weighted by molar-refractivity contribution is -0.116. The van der Waals surface area contributed by atoms with E-state index >= 15 is 0 Å². The molecule has 138 valence electrons. The van der Waals surface area contributed by atoms with Crippen molar-refractivity contribution in [2.24, 2.45) is 0 Å². The van der Waals surface area contributed by atoms with E-state index in [1.807, 2.05) is 54.6 Å². The number of hydrogen-bond acceptors (Lipinski definition) is 6. The van der Waals surface area contributed by atoms with E-state index in [4.69, 9.17) is 0 Å². The van der Waals surface area contributed by atoms with Gasteiger partial charge in [0.15, 0.2) is 4.34 Å². The summed E-state index contributed by atoms with van der Waals surface area (Å²) in [7, 11) is 0. The third-order valence-electron chi connectivity index (χ3n) is 3.59. The van der Waals surface area contributed by atoms with Gasteiger partial charge in [0.1, 0.15) is 0 Å². The second-order valence-electron chi connectivity index (χ2n) is 5.52. The number of para-hydroxylation sites is 1. The Morgan fingerprint density at radius 2 is 1.70 bits per heavy atom. The number of rotatable bonds is 7. The zero-order valence-electron chi connectivity index (χ0n) is 14.6. The smallest absolute Gasteiger partial charge is 0.234 e. The van der Waals surface area contributed by atoms with Gasteiger partial charge in [-0.25, -0.2) is 0 Å². The van der Waals surface area contributed by atoms with E-state index < -0.39 is 0 Å². The van der Waals surface area contributed by atoms with E-state index in [0.717, 1.165) is 16.8 Å². The standard InChI is InChI=1S/C19H18N4O2S2/c1-2-16(24)21-18-22-23-19(27-18)26-12-17(25)20-15-11-7-6-10-14(15)13-8-4-3-5-9-13/h3-11H,2,12H2,1H3,(H,20,25)(H,21,22,24). The summed E-state index contributed by atoms with van der Waals surface area (Å²) in [5.41, 5.74) is 2.78. The van der Waals surface area contributed by atoms with Crippen molar-refractivity contribution in [3.8, 4) is 11.1 Å². The molecule has 6 nitrogen and oxygen atoms in total. The number of carbonyl (C=O) groups is 2. The number of hydrogen-bond donors (Lipinski definition) is 2. The van der Waals surface area contributed by atoms with Gasteiger partial charge in [0, 0.05) is 17.7 Å². The van der Waals surface area contributed by atoms with Crippen LogP contribution in [0.1, 0.15) is 13.3 Å². The van der Waals surface area contributed by atoms with Crippen LogP contribution in [0.15, 0.2) is 58.9 Å². The lowest BCUT2D eigenvalue weighted by Crippen LogP contribution is -2.14. The summed E-state index contributed by atoms with van der Waals surface area (Å²) in [4.78, 5) is 23.7. The fourth-order valence-electron chi connectivity index (χ4n) is 2.30. The molecule has 2 N–H and O–H groups in total. The number of benzene rings is 2. The predicted octanol–water partition coefficient (Wildman–Crippen LogP) is 4.28. The monoisotopic (exact) mass is 398 g/mol. The third kappa shape index (κ3) is 5.38. The van der Waals surface area contributed by atoms with Crippen LogP contribution in [-0.2, 0) is 9.59 Å². The molecule has 0 spiro atoms. The molecule has 0 atom stereocenters. The normalized spacial score (nSPS) is 10.4. The van der Waals surface area contributed by atoms with Crippen molar-refractivity contribution in [2.45, 2.75) is 17.7 Å². The molecule has 0 saturated carbocycles.